The Labute approximate surface area is 164 Å². The lowest BCUT2D eigenvalue weighted by Gasteiger charge is -2.39. The summed E-state index contributed by atoms with van der Waals surface area (Å²) in [5.41, 5.74) is 3.21. The maximum atomic E-state index is 11.2. The van der Waals surface area contributed by atoms with Crippen molar-refractivity contribution in [2.75, 3.05) is 13.2 Å². The summed E-state index contributed by atoms with van der Waals surface area (Å²) in [6, 6.07) is 17.9. The molecule has 3 heterocycles. The number of fused-ring (bicyclic) bond motifs is 3. The summed E-state index contributed by atoms with van der Waals surface area (Å²) in [7, 11) is 0. The second-order valence-electron chi connectivity index (χ2n) is 7.57. The van der Waals surface area contributed by atoms with Gasteiger partial charge >= 0.3 is 0 Å². The standard InChI is InChI=1S/C22H25N3O3/c26-21-19(23-12-6-9-15-7-2-1-3-8-15)18-13-27-22(28-18)20(21)25-14-24-16-10-4-5-11-17(16)25/h1-5,7-8,10-11,14,18-23,26H,6,9,12-13H2. The molecule has 146 valence electrons. The van der Waals surface area contributed by atoms with Gasteiger partial charge in [0.15, 0.2) is 6.29 Å². The number of ether oxygens (including phenoxy) is 2. The van der Waals surface area contributed by atoms with Crippen molar-refractivity contribution in [3.63, 3.8) is 0 Å². The van der Waals surface area contributed by atoms with E-state index in [0.29, 0.717) is 6.61 Å². The lowest BCUT2D eigenvalue weighted by atomic mass is 9.95. The van der Waals surface area contributed by atoms with Crippen LogP contribution < -0.4 is 5.32 Å². The molecule has 5 atom stereocenters. The van der Waals surface area contributed by atoms with Gasteiger partial charge in [-0.2, -0.15) is 0 Å². The number of hydrogen-bond acceptors (Lipinski definition) is 5. The molecule has 6 heteroatoms. The minimum atomic E-state index is -0.611. The van der Waals surface area contributed by atoms with E-state index in [1.54, 1.807) is 6.33 Å². The second kappa shape index (κ2) is 7.64. The SMILES string of the molecule is OC1C(NCCCc2ccccc2)C2COC(O2)C1n1cnc2ccccc21. The number of para-hydroxylation sites is 2. The lowest BCUT2D eigenvalue weighted by molar-refractivity contribution is -0.164. The Morgan fingerprint density at radius 2 is 1.93 bits per heavy atom. The molecule has 0 aliphatic carbocycles. The van der Waals surface area contributed by atoms with E-state index in [4.69, 9.17) is 9.47 Å². The number of aliphatic hydroxyl groups is 1. The van der Waals surface area contributed by atoms with Crippen LogP contribution in [-0.4, -0.2) is 52.3 Å². The van der Waals surface area contributed by atoms with Gasteiger partial charge in [0.05, 0.1) is 36.1 Å². The largest absolute Gasteiger partial charge is 0.389 e. The predicted molar refractivity (Wildman–Crippen MR) is 106 cm³/mol. The summed E-state index contributed by atoms with van der Waals surface area (Å²) in [5.74, 6) is 0. The third-order valence-electron chi connectivity index (χ3n) is 5.80. The summed E-state index contributed by atoms with van der Waals surface area (Å²) < 4.78 is 13.9. The van der Waals surface area contributed by atoms with Crippen LogP contribution in [0.25, 0.3) is 11.0 Å². The fraction of sp³-hybridized carbons (Fsp3) is 0.409. The van der Waals surface area contributed by atoms with Gasteiger partial charge in [-0.1, -0.05) is 42.5 Å². The highest BCUT2D eigenvalue weighted by molar-refractivity contribution is 5.75. The molecule has 1 aromatic heterocycles. The number of imidazole rings is 1. The molecule has 2 fully saturated rings. The number of benzene rings is 2. The molecule has 6 nitrogen and oxygen atoms in total. The second-order valence-corrected chi connectivity index (χ2v) is 7.57. The maximum Gasteiger partial charge on any atom is 0.181 e. The van der Waals surface area contributed by atoms with Crippen molar-refractivity contribution in [3.05, 3.63) is 66.5 Å². The zero-order valence-electron chi connectivity index (χ0n) is 15.6. The quantitative estimate of drug-likeness (QED) is 0.643. The first-order valence-corrected chi connectivity index (χ1v) is 9.95. The van der Waals surface area contributed by atoms with Crippen molar-refractivity contribution >= 4 is 11.0 Å². The van der Waals surface area contributed by atoms with E-state index < -0.39 is 12.4 Å². The van der Waals surface area contributed by atoms with Gasteiger partial charge < -0.3 is 24.5 Å². The van der Waals surface area contributed by atoms with Crippen molar-refractivity contribution < 1.29 is 14.6 Å². The third-order valence-corrected chi connectivity index (χ3v) is 5.80. The van der Waals surface area contributed by atoms with E-state index in [2.05, 4.69) is 34.6 Å². The Morgan fingerprint density at radius 1 is 1.11 bits per heavy atom. The Balaban J connectivity index is 1.29. The van der Waals surface area contributed by atoms with E-state index in [0.717, 1.165) is 30.4 Å². The Hall–Kier alpha value is -2.25. The van der Waals surface area contributed by atoms with Crippen LogP contribution in [0.15, 0.2) is 60.9 Å². The number of nitrogens with zero attached hydrogens (tertiary/aromatic N) is 2. The van der Waals surface area contributed by atoms with Crippen molar-refractivity contribution in [1.82, 2.24) is 14.9 Å². The number of nitrogens with one attached hydrogen (secondary N) is 1. The summed E-state index contributed by atoms with van der Waals surface area (Å²) in [5, 5.41) is 14.7. The minimum Gasteiger partial charge on any atom is -0.389 e. The van der Waals surface area contributed by atoms with Crippen molar-refractivity contribution in [2.24, 2.45) is 0 Å². The molecule has 2 N–H and O–H groups in total. The van der Waals surface area contributed by atoms with Gasteiger partial charge in [0, 0.05) is 0 Å². The van der Waals surface area contributed by atoms with Crippen LogP contribution in [0.4, 0.5) is 0 Å². The monoisotopic (exact) mass is 379 g/mol. The van der Waals surface area contributed by atoms with Crippen LogP contribution in [0.5, 0.6) is 0 Å². The fourth-order valence-electron chi connectivity index (χ4n) is 4.37. The Kier molecular flexibility index (Phi) is 4.86. The highest BCUT2D eigenvalue weighted by Crippen LogP contribution is 2.37. The third kappa shape index (κ3) is 3.22. The average Bonchev–Trinajstić information content (AvgIpc) is 3.35. The highest BCUT2D eigenvalue weighted by atomic mass is 16.7. The molecule has 0 radical (unpaired) electrons. The Bertz CT molecular complexity index is 929. The van der Waals surface area contributed by atoms with Crippen molar-refractivity contribution in [2.45, 2.75) is 43.4 Å². The number of rotatable bonds is 6. The van der Waals surface area contributed by atoms with Gasteiger partial charge in [-0.05, 0) is 37.1 Å². The predicted octanol–water partition coefficient (Wildman–Crippen LogP) is 2.28. The maximum absolute atomic E-state index is 11.2. The van der Waals surface area contributed by atoms with Crippen LogP contribution in [-0.2, 0) is 15.9 Å². The first kappa shape index (κ1) is 17.8. The van der Waals surface area contributed by atoms with Crippen LogP contribution in [0, 0.1) is 0 Å². The lowest BCUT2D eigenvalue weighted by Crippen LogP contribution is -2.57. The molecular weight excluding hydrogens is 354 g/mol. The number of aryl methyl sites for hydroxylation is 1. The summed E-state index contributed by atoms with van der Waals surface area (Å²) in [6.45, 7) is 1.32. The summed E-state index contributed by atoms with van der Waals surface area (Å²) >= 11 is 0. The molecule has 2 aliphatic rings. The van der Waals surface area contributed by atoms with E-state index in [-0.39, 0.29) is 18.2 Å². The molecule has 5 rings (SSSR count). The fourth-order valence-corrected chi connectivity index (χ4v) is 4.37. The average molecular weight is 379 g/mol. The topological polar surface area (TPSA) is 68.5 Å². The molecule has 5 unspecified atom stereocenters. The minimum absolute atomic E-state index is 0.122. The zero-order chi connectivity index (χ0) is 18.9. The van der Waals surface area contributed by atoms with Gasteiger partial charge in [-0.3, -0.25) is 0 Å². The first-order valence-electron chi connectivity index (χ1n) is 9.95. The first-order chi connectivity index (χ1) is 13.8. The van der Waals surface area contributed by atoms with Crippen molar-refractivity contribution in [1.29, 1.82) is 0 Å². The number of aliphatic hydroxyl groups excluding tert-OH is 1. The summed E-state index contributed by atoms with van der Waals surface area (Å²) in [6.07, 6.45) is 2.61. The molecule has 0 amide bonds. The van der Waals surface area contributed by atoms with Gasteiger partial charge in [-0.25, -0.2) is 4.98 Å². The van der Waals surface area contributed by atoms with Crippen LogP contribution >= 0.6 is 0 Å². The molecular formula is C22H25N3O3. The van der Waals surface area contributed by atoms with Crippen LogP contribution in [0.3, 0.4) is 0 Å². The van der Waals surface area contributed by atoms with Crippen molar-refractivity contribution in [3.8, 4) is 0 Å². The summed E-state index contributed by atoms with van der Waals surface area (Å²) in [4.78, 5) is 4.47. The van der Waals surface area contributed by atoms with E-state index in [1.165, 1.54) is 5.56 Å². The zero-order valence-corrected chi connectivity index (χ0v) is 15.6. The molecule has 2 aromatic carbocycles. The van der Waals surface area contributed by atoms with E-state index in [1.807, 2.05) is 34.9 Å². The molecule has 0 saturated carbocycles. The molecule has 28 heavy (non-hydrogen) atoms. The van der Waals surface area contributed by atoms with Crippen LogP contribution in [0.1, 0.15) is 18.0 Å². The van der Waals surface area contributed by atoms with Gasteiger partial charge in [-0.15, -0.1) is 0 Å². The van der Waals surface area contributed by atoms with Gasteiger partial charge in [0.1, 0.15) is 12.1 Å². The molecule has 3 aromatic rings. The number of aromatic nitrogens is 2. The molecule has 0 spiro atoms. The van der Waals surface area contributed by atoms with Gasteiger partial charge in [0.25, 0.3) is 0 Å². The van der Waals surface area contributed by atoms with E-state index in [9.17, 15) is 5.11 Å². The van der Waals surface area contributed by atoms with Crippen LogP contribution in [0.2, 0.25) is 0 Å². The van der Waals surface area contributed by atoms with Gasteiger partial charge in [0.2, 0.25) is 0 Å². The highest BCUT2D eigenvalue weighted by Gasteiger charge is 2.50. The molecule has 2 saturated heterocycles. The Morgan fingerprint density at radius 3 is 2.82 bits per heavy atom. The normalized spacial score (nSPS) is 29.4. The smallest absolute Gasteiger partial charge is 0.181 e. The number of hydrogen-bond donors (Lipinski definition) is 2. The molecule has 2 bridgehead atoms. The van der Waals surface area contributed by atoms with E-state index >= 15 is 0 Å². The molecule has 2 aliphatic heterocycles.